The van der Waals surface area contributed by atoms with Gasteiger partial charge in [0.05, 0.1) is 24.5 Å². The largest absolute Gasteiger partial charge is 0.312 e. The minimum Gasteiger partial charge on any atom is -0.312 e. The number of benzene rings is 2. The molecule has 148 valence electrons. The van der Waals surface area contributed by atoms with E-state index in [9.17, 15) is 13.6 Å². The molecule has 0 unspecified atom stereocenters. The summed E-state index contributed by atoms with van der Waals surface area (Å²) in [6.45, 7) is -0.135. The van der Waals surface area contributed by atoms with Gasteiger partial charge in [-0.1, -0.05) is 35.3 Å². The first kappa shape index (κ1) is 20.7. The average molecular weight is 439 g/mol. The quantitative estimate of drug-likeness (QED) is 0.522. The molecule has 0 aliphatic rings. The number of carbonyl (C=O) groups excluding carboxylic acids is 1. The lowest BCUT2D eigenvalue weighted by atomic mass is 9.95. The molecular formula is C19H11Cl2F3N4O. The van der Waals surface area contributed by atoms with E-state index in [0.29, 0.717) is 6.41 Å². The Morgan fingerprint density at radius 3 is 2.69 bits per heavy atom. The van der Waals surface area contributed by atoms with Gasteiger partial charge in [0.25, 0.3) is 6.43 Å². The molecule has 3 rings (SSSR count). The van der Waals surface area contributed by atoms with Gasteiger partial charge in [0.15, 0.2) is 11.0 Å². The number of nitrogens with one attached hydrogen (secondary N) is 1. The molecular weight excluding hydrogens is 428 g/mol. The molecule has 0 bridgehead atoms. The minimum absolute atomic E-state index is 0.00423. The normalized spacial score (nSPS) is 10.8. The summed E-state index contributed by atoms with van der Waals surface area (Å²) in [6, 6.07) is 8.13. The molecule has 1 heterocycles. The second-order valence-electron chi connectivity index (χ2n) is 5.92. The second kappa shape index (κ2) is 8.55. The highest BCUT2D eigenvalue weighted by Gasteiger charge is 2.22. The average Bonchev–Trinajstić information content (AvgIpc) is 3.02. The van der Waals surface area contributed by atoms with Crippen LogP contribution in [-0.2, 0) is 11.3 Å². The van der Waals surface area contributed by atoms with Crippen molar-refractivity contribution in [2.75, 3.05) is 5.32 Å². The lowest BCUT2D eigenvalue weighted by molar-refractivity contribution is -0.105. The number of amides is 1. The molecule has 0 aliphatic carbocycles. The smallest absolute Gasteiger partial charge is 0.264 e. The third kappa shape index (κ3) is 4.21. The SMILES string of the molecule is N#Cc1cc(Cl)cc(-c2c(C(F)F)ccc(Cn3cnc(Cl)c3NC=O)c2F)c1. The zero-order valence-corrected chi connectivity index (χ0v) is 16.0. The van der Waals surface area contributed by atoms with Crippen LogP contribution in [0.25, 0.3) is 11.1 Å². The number of carbonyl (C=O) groups is 1. The number of nitrogens with zero attached hydrogens (tertiary/aromatic N) is 3. The summed E-state index contributed by atoms with van der Waals surface area (Å²) in [5.41, 5.74) is -0.680. The summed E-state index contributed by atoms with van der Waals surface area (Å²) in [6.07, 6.45) is -1.29. The lowest BCUT2D eigenvalue weighted by Crippen LogP contribution is -2.08. The van der Waals surface area contributed by atoms with Crippen molar-refractivity contribution in [1.29, 1.82) is 5.26 Å². The Morgan fingerprint density at radius 2 is 2.03 bits per heavy atom. The van der Waals surface area contributed by atoms with Crippen LogP contribution in [0.1, 0.15) is 23.1 Å². The predicted octanol–water partition coefficient (Wildman–Crippen LogP) is 5.42. The van der Waals surface area contributed by atoms with E-state index in [2.05, 4.69) is 10.3 Å². The van der Waals surface area contributed by atoms with Crippen molar-refractivity contribution < 1.29 is 18.0 Å². The molecule has 0 atom stereocenters. The molecule has 0 aliphatic heterocycles. The van der Waals surface area contributed by atoms with Crippen LogP contribution >= 0.6 is 23.2 Å². The number of alkyl halides is 2. The summed E-state index contributed by atoms with van der Waals surface area (Å²) >= 11 is 11.8. The number of anilines is 1. The zero-order valence-electron chi connectivity index (χ0n) is 14.5. The third-order valence-electron chi connectivity index (χ3n) is 4.13. The fourth-order valence-electron chi connectivity index (χ4n) is 2.89. The molecule has 3 aromatic rings. The van der Waals surface area contributed by atoms with Crippen LogP contribution < -0.4 is 5.32 Å². The number of imidazole rings is 1. The van der Waals surface area contributed by atoms with Crippen LogP contribution in [0.3, 0.4) is 0 Å². The van der Waals surface area contributed by atoms with Gasteiger partial charge in [-0.2, -0.15) is 5.26 Å². The molecule has 1 aromatic heterocycles. The maximum Gasteiger partial charge on any atom is 0.264 e. The van der Waals surface area contributed by atoms with Crippen LogP contribution in [0.15, 0.2) is 36.7 Å². The Kier molecular flexibility index (Phi) is 6.11. The second-order valence-corrected chi connectivity index (χ2v) is 6.71. The topological polar surface area (TPSA) is 70.7 Å². The monoisotopic (exact) mass is 438 g/mol. The Hall–Kier alpha value is -3.02. The van der Waals surface area contributed by atoms with Gasteiger partial charge in [-0.05, 0) is 23.8 Å². The van der Waals surface area contributed by atoms with E-state index >= 15 is 4.39 Å². The van der Waals surface area contributed by atoms with Crippen LogP contribution in [-0.4, -0.2) is 16.0 Å². The van der Waals surface area contributed by atoms with Gasteiger partial charge in [0.2, 0.25) is 6.41 Å². The molecule has 0 spiro atoms. The Balaban J connectivity index is 2.16. The molecule has 5 nitrogen and oxygen atoms in total. The van der Waals surface area contributed by atoms with E-state index in [1.165, 1.54) is 35.2 Å². The Morgan fingerprint density at radius 1 is 1.28 bits per heavy atom. The first-order valence-corrected chi connectivity index (χ1v) is 8.82. The van der Waals surface area contributed by atoms with E-state index in [-0.39, 0.29) is 44.8 Å². The summed E-state index contributed by atoms with van der Waals surface area (Å²) in [7, 11) is 0. The Labute approximate surface area is 173 Å². The lowest BCUT2D eigenvalue weighted by Gasteiger charge is -2.15. The van der Waals surface area contributed by atoms with Crippen molar-refractivity contribution in [2.24, 2.45) is 0 Å². The van der Waals surface area contributed by atoms with Crippen molar-refractivity contribution in [3.63, 3.8) is 0 Å². The van der Waals surface area contributed by atoms with Gasteiger partial charge >= 0.3 is 0 Å². The maximum atomic E-state index is 15.3. The van der Waals surface area contributed by atoms with Gasteiger partial charge in [0, 0.05) is 21.7 Å². The number of nitriles is 1. The van der Waals surface area contributed by atoms with Crippen LogP contribution in [0.5, 0.6) is 0 Å². The van der Waals surface area contributed by atoms with Crippen molar-refractivity contribution in [2.45, 2.75) is 13.0 Å². The first-order valence-electron chi connectivity index (χ1n) is 8.07. The van der Waals surface area contributed by atoms with Crippen molar-refractivity contribution in [3.05, 3.63) is 69.3 Å². The fraction of sp³-hybridized carbons (Fsp3) is 0.105. The van der Waals surface area contributed by atoms with Crippen molar-refractivity contribution >= 4 is 35.4 Å². The van der Waals surface area contributed by atoms with E-state index in [1.807, 2.05) is 6.07 Å². The summed E-state index contributed by atoms with van der Waals surface area (Å²) in [4.78, 5) is 14.6. The fourth-order valence-corrected chi connectivity index (χ4v) is 3.33. The van der Waals surface area contributed by atoms with Gasteiger partial charge in [-0.3, -0.25) is 4.79 Å². The highest BCUT2D eigenvalue weighted by molar-refractivity contribution is 6.32. The minimum atomic E-state index is -2.95. The summed E-state index contributed by atoms with van der Waals surface area (Å²) < 4.78 is 43.8. The van der Waals surface area contributed by atoms with Crippen LogP contribution in [0, 0.1) is 17.1 Å². The van der Waals surface area contributed by atoms with E-state index in [0.717, 1.165) is 6.07 Å². The molecule has 0 saturated heterocycles. The maximum absolute atomic E-state index is 15.3. The molecule has 2 aromatic carbocycles. The van der Waals surface area contributed by atoms with Crippen LogP contribution in [0.2, 0.25) is 10.2 Å². The summed E-state index contributed by atoms with van der Waals surface area (Å²) in [5, 5.41) is 11.6. The molecule has 0 radical (unpaired) electrons. The zero-order chi connectivity index (χ0) is 21.1. The van der Waals surface area contributed by atoms with E-state index < -0.39 is 17.8 Å². The standard InChI is InChI=1S/C19H11Cl2F3N4O/c20-13-4-10(6-25)3-12(5-13)15-14(18(23)24)2-1-11(16(15)22)7-28-8-26-17(21)19(28)27-9-29/h1-5,8-9,18H,7H2,(H,27,29). The third-order valence-corrected chi connectivity index (χ3v) is 4.63. The highest BCUT2D eigenvalue weighted by Crippen LogP contribution is 2.37. The highest BCUT2D eigenvalue weighted by atomic mass is 35.5. The number of halogens is 5. The number of hydrogen-bond acceptors (Lipinski definition) is 3. The van der Waals surface area contributed by atoms with Crippen molar-refractivity contribution in [1.82, 2.24) is 9.55 Å². The van der Waals surface area contributed by atoms with Crippen LogP contribution in [0.4, 0.5) is 19.0 Å². The van der Waals surface area contributed by atoms with Gasteiger partial charge in [-0.15, -0.1) is 0 Å². The van der Waals surface area contributed by atoms with Gasteiger partial charge in [0.1, 0.15) is 5.82 Å². The van der Waals surface area contributed by atoms with E-state index in [1.54, 1.807) is 0 Å². The number of hydrogen-bond donors (Lipinski definition) is 1. The predicted molar refractivity (Wildman–Crippen MR) is 103 cm³/mol. The Bertz CT molecular complexity index is 1130. The van der Waals surface area contributed by atoms with E-state index in [4.69, 9.17) is 28.5 Å². The molecule has 29 heavy (non-hydrogen) atoms. The number of rotatable bonds is 6. The number of aromatic nitrogens is 2. The molecule has 0 saturated carbocycles. The van der Waals surface area contributed by atoms with Gasteiger partial charge in [-0.25, -0.2) is 18.2 Å². The first-order chi connectivity index (χ1) is 13.8. The summed E-state index contributed by atoms with van der Waals surface area (Å²) in [5.74, 6) is -0.772. The molecule has 0 fully saturated rings. The van der Waals surface area contributed by atoms with Gasteiger partial charge < -0.3 is 9.88 Å². The molecule has 1 N–H and O–H groups in total. The molecule has 1 amide bonds. The van der Waals surface area contributed by atoms with Crippen molar-refractivity contribution in [3.8, 4) is 17.2 Å². The molecule has 10 heteroatoms.